The van der Waals surface area contributed by atoms with Crippen molar-refractivity contribution in [1.82, 2.24) is 0 Å². The summed E-state index contributed by atoms with van der Waals surface area (Å²) in [5.41, 5.74) is -1.87. The minimum absolute atomic E-state index is 0.0477. The van der Waals surface area contributed by atoms with E-state index in [9.17, 15) is 27.1 Å². The summed E-state index contributed by atoms with van der Waals surface area (Å²) >= 11 is 2.91. The van der Waals surface area contributed by atoms with Gasteiger partial charge in [-0.15, -0.1) is 0 Å². The van der Waals surface area contributed by atoms with Gasteiger partial charge in [-0.25, -0.2) is 8.78 Å². The Bertz CT molecular complexity index is 669. The molecule has 0 amide bonds. The van der Waals surface area contributed by atoms with Gasteiger partial charge in [0.1, 0.15) is 17.7 Å². The third kappa shape index (κ3) is 3.41. The molecule has 1 N–H and O–H groups in total. The molecule has 0 saturated heterocycles. The molecule has 21 heavy (non-hydrogen) atoms. The molecule has 0 aliphatic rings. The van der Waals surface area contributed by atoms with E-state index >= 15 is 0 Å². The molecule has 112 valence electrons. The van der Waals surface area contributed by atoms with Crippen LogP contribution in [0, 0.1) is 11.6 Å². The van der Waals surface area contributed by atoms with Crippen molar-refractivity contribution in [3.63, 3.8) is 0 Å². The van der Waals surface area contributed by atoms with Gasteiger partial charge in [0.2, 0.25) is 0 Å². The van der Waals surface area contributed by atoms with Crippen molar-refractivity contribution in [1.29, 1.82) is 0 Å². The van der Waals surface area contributed by atoms with Gasteiger partial charge in [-0.2, -0.15) is 13.2 Å². The molecule has 0 fully saturated rings. The summed E-state index contributed by atoms with van der Waals surface area (Å²) in [6, 6.07) is 5.64. The Morgan fingerprint density at radius 3 is 2.33 bits per heavy atom. The first-order valence-corrected chi connectivity index (χ1v) is 6.49. The quantitative estimate of drug-likeness (QED) is 0.755. The fraction of sp³-hybridized carbons (Fsp3) is 0.143. The zero-order chi connectivity index (χ0) is 15.8. The Morgan fingerprint density at radius 1 is 1.05 bits per heavy atom. The van der Waals surface area contributed by atoms with Crippen LogP contribution < -0.4 is 0 Å². The smallest absolute Gasteiger partial charge is 0.384 e. The topological polar surface area (TPSA) is 20.2 Å². The highest BCUT2D eigenvalue weighted by atomic mass is 79.9. The van der Waals surface area contributed by atoms with Gasteiger partial charge in [-0.3, -0.25) is 0 Å². The van der Waals surface area contributed by atoms with Crippen molar-refractivity contribution in [2.24, 2.45) is 0 Å². The van der Waals surface area contributed by atoms with E-state index < -0.39 is 29.5 Å². The lowest BCUT2D eigenvalue weighted by molar-refractivity contribution is -0.137. The number of benzene rings is 2. The molecule has 0 aromatic heterocycles. The highest BCUT2D eigenvalue weighted by molar-refractivity contribution is 9.10. The predicted octanol–water partition coefficient (Wildman–Crippen LogP) is 4.83. The van der Waals surface area contributed by atoms with Crippen LogP contribution in [0.5, 0.6) is 0 Å². The maximum Gasteiger partial charge on any atom is 0.416 e. The molecule has 1 atom stereocenters. The van der Waals surface area contributed by atoms with Gasteiger partial charge in [-0.1, -0.05) is 12.1 Å². The molecule has 0 spiro atoms. The lowest BCUT2D eigenvalue weighted by Crippen LogP contribution is -2.09. The summed E-state index contributed by atoms with van der Waals surface area (Å²) in [4.78, 5) is 0. The van der Waals surface area contributed by atoms with Crippen LogP contribution >= 0.6 is 15.9 Å². The van der Waals surface area contributed by atoms with Crippen LogP contribution in [0.1, 0.15) is 22.8 Å². The first-order chi connectivity index (χ1) is 9.70. The Kier molecular flexibility index (Phi) is 4.34. The van der Waals surface area contributed by atoms with Gasteiger partial charge in [-0.05, 0) is 45.8 Å². The van der Waals surface area contributed by atoms with Crippen molar-refractivity contribution in [3.05, 3.63) is 69.2 Å². The highest BCUT2D eigenvalue weighted by Crippen LogP contribution is 2.34. The zero-order valence-corrected chi connectivity index (χ0v) is 11.8. The number of aliphatic hydroxyl groups excluding tert-OH is 1. The second kappa shape index (κ2) is 5.73. The summed E-state index contributed by atoms with van der Waals surface area (Å²) in [6.45, 7) is 0. The molecule has 0 radical (unpaired) electrons. The van der Waals surface area contributed by atoms with Gasteiger partial charge in [0.05, 0.1) is 10.0 Å². The van der Waals surface area contributed by atoms with E-state index in [1.54, 1.807) is 0 Å². The largest absolute Gasteiger partial charge is 0.416 e. The molecule has 0 bridgehead atoms. The van der Waals surface area contributed by atoms with Gasteiger partial charge in [0, 0.05) is 5.56 Å². The van der Waals surface area contributed by atoms with E-state index in [-0.39, 0.29) is 15.6 Å². The molecule has 2 rings (SSSR count). The van der Waals surface area contributed by atoms with Crippen LogP contribution in [0.4, 0.5) is 22.0 Å². The number of hydrogen-bond acceptors (Lipinski definition) is 1. The fourth-order valence-electron chi connectivity index (χ4n) is 1.85. The number of rotatable bonds is 2. The molecule has 0 saturated carbocycles. The number of hydrogen-bond donors (Lipinski definition) is 1. The van der Waals surface area contributed by atoms with E-state index in [1.165, 1.54) is 18.2 Å². The van der Waals surface area contributed by atoms with Crippen molar-refractivity contribution in [2.45, 2.75) is 12.3 Å². The first kappa shape index (κ1) is 15.9. The second-order valence-electron chi connectivity index (χ2n) is 4.32. The highest BCUT2D eigenvalue weighted by Gasteiger charge is 2.32. The minimum atomic E-state index is -4.76. The van der Waals surface area contributed by atoms with E-state index in [1.807, 2.05) is 0 Å². The molecular formula is C14H8BrF5O. The van der Waals surface area contributed by atoms with Crippen molar-refractivity contribution in [2.75, 3.05) is 0 Å². The number of alkyl halides is 3. The van der Waals surface area contributed by atoms with E-state index in [4.69, 9.17) is 0 Å². The van der Waals surface area contributed by atoms with Crippen LogP contribution in [0.3, 0.4) is 0 Å². The third-order valence-corrected chi connectivity index (χ3v) is 3.45. The molecule has 2 aromatic carbocycles. The zero-order valence-electron chi connectivity index (χ0n) is 10.3. The van der Waals surface area contributed by atoms with E-state index in [0.29, 0.717) is 12.1 Å². The number of aliphatic hydroxyl groups is 1. The standard InChI is InChI=1S/C14H8BrF5O/c15-11-3-1-2-10(12(11)17)13(21)7-4-8(14(18,19)20)6-9(16)5-7/h1-6,13,21H. The van der Waals surface area contributed by atoms with Gasteiger partial charge in [0.15, 0.2) is 0 Å². The van der Waals surface area contributed by atoms with E-state index in [2.05, 4.69) is 15.9 Å². The summed E-state index contributed by atoms with van der Waals surface area (Å²) in [5.74, 6) is -1.97. The van der Waals surface area contributed by atoms with Crippen LogP contribution in [0.2, 0.25) is 0 Å². The monoisotopic (exact) mass is 366 g/mol. The van der Waals surface area contributed by atoms with Crippen molar-refractivity contribution >= 4 is 15.9 Å². The third-order valence-electron chi connectivity index (χ3n) is 2.84. The molecule has 0 heterocycles. The van der Waals surface area contributed by atoms with E-state index in [0.717, 1.165) is 6.07 Å². The lowest BCUT2D eigenvalue weighted by Gasteiger charge is -2.15. The minimum Gasteiger partial charge on any atom is -0.384 e. The molecule has 0 aliphatic carbocycles. The van der Waals surface area contributed by atoms with Crippen LogP contribution in [0.15, 0.2) is 40.9 Å². The average Bonchev–Trinajstić information content (AvgIpc) is 2.39. The predicted molar refractivity (Wildman–Crippen MR) is 69.6 cm³/mol. The molecular weight excluding hydrogens is 359 g/mol. The van der Waals surface area contributed by atoms with Crippen LogP contribution in [-0.2, 0) is 6.18 Å². The Hall–Kier alpha value is -1.47. The second-order valence-corrected chi connectivity index (χ2v) is 5.17. The summed E-state index contributed by atoms with van der Waals surface area (Å²) < 4.78 is 65.1. The molecule has 2 aromatic rings. The first-order valence-electron chi connectivity index (χ1n) is 5.70. The normalized spacial score (nSPS) is 13.3. The molecule has 1 unspecified atom stereocenters. The summed E-state index contributed by atoms with van der Waals surface area (Å²) in [7, 11) is 0. The SMILES string of the molecule is OC(c1cc(F)cc(C(F)(F)F)c1)c1cccc(Br)c1F. The Morgan fingerprint density at radius 2 is 1.71 bits per heavy atom. The van der Waals surface area contributed by atoms with Crippen LogP contribution in [-0.4, -0.2) is 5.11 Å². The molecule has 0 aliphatic heterocycles. The summed E-state index contributed by atoms with van der Waals surface area (Å²) in [6.07, 6.45) is -6.47. The van der Waals surface area contributed by atoms with Gasteiger partial charge in [0.25, 0.3) is 0 Å². The lowest BCUT2D eigenvalue weighted by atomic mass is 9.99. The Balaban J connectivity index is 2.51. The van der Waals surface area contributed by atoms with Crippen LogP contribution in [0.25, 0.3) is 0 Å². The maximum atomic E-state index is 13.8. The van der Waals surface area contributed by atoms with Gasteiger partial charge < -0.3 is 5.11 Å². The average molecular weight is 367 g/mol. The van der Waals surface area contributed by atoms with Gasteiger partial charge >= 0.3 is 6.18 Å². The number of halogens is 6. The Labute approximate surface area is 125 Å². The molecule has 7 heteroatoms. The molecule has 1 nitrogen and oxygen atoms in total. The maximum absolute atomic E-state index is 13.8. The van der Waals surface area contributed by atoms with Crippen molar-refractivity contribution in [3.8, 4) is 0 Å². The fourth-order valence-corrected chi connectivity index (χ4v) is 2.23. The van der Waals surface area contributed by atoms with Crippen molar-refractivity contribution < 1.29 is 27.1 Å². The summed E-state index contributed by atoms with van der Waals surface area (Å²) in [5, 5.41) is 10.0.